The number of hydrogen-bond donors (Lipinski definition) is 2. The Morgan fingerprint density at radius 1 is 1.58 bits per heavy atom. The molecule has 0 aliphatic carbocycles. The number of H-pyrrole nitrogens is 1. The molecule has 0 saturated carbocycles. The van der Waals surface area contributed by atoms with E-state index in [4.69, 9.17) is 9.84 Å². The maximum Gasteiger partial charge on any atom is 0.330 e. The van der Waals surface area contributed by atoms with Gasteiger partial charge in [0, 0.05) is 6.20 Å². The second kappa shape index (κ2) is 5.22. The molecule has 3 atom stereocenters. The molecule has 6 nitrogen and oxygen atoms in total. The number of nitrogens with zero attached hydrogens (tertiary/aromatic N) is 1. The van der Waals surface area contributed by atoms with Gasteiger partial charge in [-0.25, -0.2) is 13.6 Å². The number of rotatable bonds is 3. The minimum absolute atomic E-state index is 0.0103. The third-order valence-electron chi connectivity index (χ3n) is 3.26. The lowest BCUT2D eigenvalue weighted by atomic mass is 10.0. The summed E-state index contributed by atoms with van der Waals surface area (Å²) in [5.74, 6) is -0.0103. The van der Waals surface area contributed by atoms with Crippen molar-refractivity contribution in [1.29, 1.82) is 0 Å². The number of ether oxygens (including phenoxy) is 1. The van der Waals surface area contributed by atoms with Crippen molar-refractivity contribution in [3.8, 4) is 0 Å². The van der Waals surface area contributed by atoms with Crippen molar-refractivity contribution in [1.82, 2.24) is 9.55 Å². The minimum atomic E-state index is -2.97. The van der Waals surface area contributed by atoms with Crippen molar-refractivity contribution in [2.75, 3.05) is 6.61 Å². The maximum atomic E-state index is 12.6. The lowest BCUT2D eigenvalue weighted by Gasteiger charge is -2.15. The van der Waals surface area contributed by atoms with E-state index in [-0.39, 0.29) is 12.5 Å². The molecule has 0 spiro atoms. The average Bonchev–Trinajstić information content (AvgIpc) is 2.69. The molecule has 2 rings (SSSR count). The van der Waals surface area contributed by atoms with Gasteiger partial charge in [-0.05, 0) is 12.3 Å². The maximum absolute atomic E-state index is 12.6. The highest BCUT2D eigenvalue weighted by molar-refractivity contribution is 5.06. The Morgan fingerprint density at radius 3 is 2.79 bits per heavy atom. The molecular weight excluding hydrogens is 262 g/mol. The Hall–Kier alpha value is -1.54. The van der Waals surface area contributed by atoms with E-state index < -0.39 is 35.6 Å². The van der Waals surface area contributed by atoms with Crippen LogP contribution >= 0.6 is 0 Å². The van der Waals surface area contributed by atoms with Crippen molar-refractivity contribution >= 4 is 0 Å². The first kappa shape index (κ1) is 13.9. The largest absolute Gasteiger partial charge is 0.394 e. The van der Waals surface area contributed by atoms with Gasteiger partial charge in [0.15, 0.2) is 0 Å². The predicted octanol–water partition coefficient (Wildman–Crippen LogP) is 0.390. The van der Waals surface area contributed by atoms with Crippen molar-refractivity contribution in [2.24, 2.45) is 5.92 Å². The molecule has 1 aromatic rings. The smallest absolute Gasteiger partial charge is 0.330 e. The lowest BCUT2D eigenvalue weighted by Crippen LogP contribution is -2.34. The SMILES string of the molecule is CC1CC(n2cc(C(F)F)c(=O)[nH]c2=O)OC1CO. The third-order valence-corrected chi connectivity index (χ3v) is 3.26. The highest BCUT2D eigenvalue weighted by Crippen LogP contribution is 2.32. The molecule has 0 bridgehead atoms. The fraction of sp³-hybridized carbons (Fsp3) is 0.636. The average molecular weight is 276 g/mol. The van der Waals surface area contributed by atoms with E-state index >= 15 is 0 Å². The summed E-state index contributed by atoms with van der Waals surface area (Å²) in [6.07, 6.45) is -2.95. The zero-order valence-corrected chi connectivity index (χ0v) is 10.2. The fourth-order valence-corrected chi connectivity index (χ4v) is 2.13. The molecule has 2 N–H and O–H groups in total. The molecule has 0 aromatic carbocycles. The molecular formula is C11H14F2N2O4. The Kier molecular flexibility index (Phi) is 3.81. The van der Waals surface area contributed by atoms with Crippen LogP contribution in [0.15, 0.2) is 15.8 Å². The molecule has 1 aromatic heterocycles. The van der Waals surface area contributed by atoms with Gasteiger partial charge in [-0.2, -0.15) is 0 Å². The van der Waals surface area contributed by atoms with Crippen molar-refractivity contribution in [3.05, 3.63) is 32.6 Å². The van der Waals surface area contributed by atoms with Crippen LogP contribution in [0.25, 0.3) is 0 Å². The Labute approximate surface area is 106 Å². The topological polar surface area (TPSA) is 84.3 Å². The van der Waals surface area contributed by atoms with E-state index in [1.807, 2.05) is 11.9 Å². The van der Waals surface area contributed by atoms with Gasteiger partial charge in [0.05, 0.1) is 18.3 Å². The van der Waals surface area contributed by atoms with Crippen LogP contribution in [0.1, 0.15) is 31.6 Å². The van der Waals surface area contributed by atoms with Gasteiger partial charge in [0.25, 0.3) is 12.0 Å². The molecule has 2 heterocycles. The van der Waals surface area contributed by atoms with Crippen LogP contribution in [0.3, 0.4) is 0 Å². The van der Waals surface area contributed by atoms with Crippen LogP contribution in [0.2, 0.25) is 0 Å². The van der Waals surface area contributed by atoms with E-state index in [9.17, 15) is 18.4 Å². The van der Waals surface area contributed by atoms with Crippen molar-refractivity contribution in [3.63, 3.8) is 0 Å². The number of aromatic amines is 1. The van der Waals surface area contributed by atoms with E-state index in [2.05, 4.69) is 0 Å². The van der Waals surface area contributed by atoms with Gasteiger partial charge in [-0.15, -0.1) is 0 Å². The molecule has 1 fully saturated rings. The Bertz CT molecular complexity index is 569. The summed E-state index contributed by atoms with van der Waals surface area (Å²) in [6, 6.07) is 0. The van der Waals surface area contributed by atoms with Gasteiger partial charge < -0.3 is 9.84 Å². The van der Waals surface area contributed by atoms with E-state index in [0.29, 0.717) is 6.42 Å². The van der Waals surface area contributed by atoms with Crippen LogP contribution in [-0.4, -0.2) is 27.4 Å². The molecule has 8 heteroatoms. The van der Waals surface area contributed by atoms with E-state index in [1.54, 1.807) is 0 Å². The summed E-state index contributed by atoms with van der Waals surface area (Å²) in [6.45, 7) is 1.61. The molecule has 1 aliphatic heterocycles. The van der Waals surface area contributed by atoms with Crippen LogP contribution < -0.4 is 11.2 Å². The Morgan fingerprint density at radius 2 is 2.26 bits per heavy atom. The lowest BCUT2D eigenvalue weighted by molar-refractivity contribution is -0.0317. The summed E-state index contributed by atoms with van der Waals surface area (Å²) >= 11 is 0. The van der Waals surface area contributed by atoms with Crippen molar-refractivity contribution in [2.45, 2.75) is 32.1 Å². The monoisotopic (exact) mass is 276 g/mol. The summed E-state index contributed by atoms with van der Waals surface area (Å²) in [5.41, 5.74) is -2.67. The molecule has 0 radical (unpaired) electrons. The first-order valence-electron chi connectivity index (χ1n) is 5.84. The highest BCUT2D eigenvalue weighted by atomic mass is 19.3. The fourth-order valence-electron chi connectivity index (χ4n) is 2.13. The van der Waals surface area contributed by atoms with Crippen LogP contribution in [0.4, 0.5) is 8.78 Å². The molecule has 3 unspecified atom stereocenters. The quantitative estimate of drug-likeness (QED) is 0.836. The van der Waals surface area contributed by atoms with E-state index in [0.717, 1.165) is 10.8 Å². The summed E-state index contributed by atoms with van der Waals surface area (Å²) in [4.78, 5) is 24.7. The third kappa shape index (κ3) is 2.59. The number of alkyl halides is 2. The van der Waals surface area contributed by atoms with Gasteiger partial charge in [-0.1, -0.05) is 6.92 Å². The van der Waals surface area contributed by atoms with Crippen LogP contribution in [-0.2, 0) is 4.74 Å². The van der Waals surface area contributed by atoms with Gasteiger partial charge in [0.1, 0.15) is 6.23 Å². The van der Waals surface area contributed by atoms with E-state index in [1.165, 1.54) is 0 Å². The van der Waals surface area contributed by atoms with Gasteiger partial charge in [0.2, 0.25) is 0 Å². The number of aromatic nitrogens is 2. The minimum Gasteiger partial charge on any atom is -0.394 e. The number of halogens is 2. The zero-order chi connectivity index (χ0) is 14.2. The second-order valence-electron chi connectivity index (χ2n) is 4.58. The number of hydrogen-bond acceptors (Lipinski definition) is 4. The molecule has 106 valence electrons. The van der Waals surface area contributed by atoms with Crippen molar-refractivity contribution < 1.29 is 18.6 Å². The summed E-state index contributed by atoms with van der Waals surface area (Å²) in [5, 5.41) is 9.07. The number of aliphatic hydroxyl groups excluding tert-OH is 1. The van der Waals surface area contributed by atoms with Crippen LogP contribution in [0, 0.1) is 5.92 Å². The molecule has 1 aliphatic rings. The first-order chi connectivity index (χ1) is 8.93. The summed E-state index contributed by atoms with van der Waals surface area (Å²) in [7, 11) is 0. The zero-order valence-electron chi connectivity index (χ0n) is 10.2. The predicted molar refractivity (Wildman–Crippen MR) is 61.1 cm³/mol. The first-order valence-corrected chi connectivity index (χ1v) is 5.84. The second-order valence-corrected chi connectivity index (χ2v) is 4.58. The molecule has 19 heavy (non-hydrogen) atoms. The standard InChI is InChI=1S/C11H14F2N2O4/c1-5-2-8(19-7(5)4-16)15-3-6(9(12)13)10(17)14-11(15)18/h3,5,7-9,16H,2,4H2,1H3,(H,14,17,18). The van der Waals surface area contributed by atoms with Gasteiger partial charge >= 0.3 is 5.69 Å². The summed E-state index contributed by atoms with van der Waals surface area (Å²) < 4.78 is 31.6. The van der Waals surface area contributed by atoms with Crippen LogP contribution in [0.5, 0.6) is 0 Å². The normalized spacial score (nSPS) is 27.1. The Balaban J connectivity index is 2.38. The number of nitrogens with one attached hydrogen (secondary N) is 1. The van der Waals surface area contributed by atoms with Gasteiger partial charge in [-0.3, -0.25) is 14.3 Å². The molecule has 1 saturated heterocycles. The number of aliphatic hydroxyl groups is 1. The molecule has 0 amide bonds. The highest BCUT2D eigenvalue weighted by Gasteiger charge is 2.33.